The second-order valence-corrected chi connectivity index (χ2v) is 8.10. The van der Waals surface area contributed by atoms with Crippen molar-refractivity contribution in [3.05, 3.63) is 48.3 Å². The van der Waals surface area contributed by atoms with Crippen LogP contribution in [0.15, 0.2) is 47.7 Å². The number of guanidine groups is 1. The lowest BCUT2D eigenvalue weighted by atomic mass is 9.67. The van der Waals surface area contributed by atoms with Gasteiger partial charge in [-0.2, -0.15) is 5.10 Å². The lowest BCUT2D eigenvalue weighted by Gasteiger charge is -2.42. The Balaban J connectivity index is 1.55. The Morgan fingerprint density at radius 3 is 2.84 bits per heavy atom. The Hall–Kier alpha value is -2.87. The second-order valence-electron chi connectivity index (χ2n) is 8.10. The number of carbonyl (C=O) groups is 1. The number of nitrogens with zero attached hydrogens (tertiary/aromatic N) is 3. The van der Waals surface area contributed by atoms with Gasteiger partial charge < -0.3 is 20.7 Å². The first-order valence-electron chi connectivity index (χ1n) is 11.0. The van der Waals surface area contributed by atoms with Crippen LogP contribution in [0.4, 0.5) is 5.69 Å². The van der Waals surface area contributed by atoms with Crippen LogP contribution in [0.2, 0.25) is 0 Å². The number of rotatable bonds is 11. The van der Waals surface area contributed by atoms with Gasteiger partial charge in [-0.3, -0.25) is 9.48 Å². The third kappa shape index (κ3) is 7.10. The molecule has 1 fully saturated rings. The van der Waals surface area contributed by atoms with E-state index in [0.717, 1.165) is 43.3 Å². The molecular weight excluding hydrogens is 392 g/mol. The fourth-order valence-corrected chi connectivity index (χ4v) is 3.78. The highest BCUT2D eigenvalue weighted by Gasteiger charge is 2.36. The molecule has 3 N–H and O–H groups in total. The Kier molecular flexibility index (Phi) is 8.46. The zero-order valence-corrected chi connectivity index (χ0v) is 18.6. The maximum Gasteiger partial charge on any atom is 0.246 e. The van der Waals surface area contributed by atoms with E-state index >= 15 is 0 Å². The molecule has 1 aliphatic rings. The van der Waals surface area contributed by atoms with Gasteiger partial charge in [-0.25, -0.2) is 4.99 Å². The van der Waals surface area contributed by atoms with Crippen LogP contribution in [0.1, 0.15) is 38.2 Å². The highest BCUT2D eigenvalue weighted by molar-refractivity contribution is 5.90. The van der Waals surface area contributed by atoms with Crippen molar-refractivity contribution in [1.29, 1.82) is 0 Å². The molecule has 1 aromatic heterocycles. The van der Waals surface area contributed by atoms with E-state index in [1.165, 1.54) is 19.3 Å². The summed E-state index contributed by atoms with van der Waals surface area (Å²) in [6.45, 7) is 5.30. The van der Waals surface area contributed by atoms with Crippen molar-refractivity contribution in [3.8, 4) is 0 Å². The van der Waals surface area contributed by atoms with Crippen LogP contribution >= 0.6 is 0 Å². The van der Waals surface area contributed by atoms with E-state index in [-0.39, 0.29) is 12.5 Å². The van der Waals surface area contributed by atoms with Gasteiger partial charge in [-0.15, -0.1) is 0 Å². The number of benzene rings is 1. The number of methoxy groups -OCH3 is 1. The first-order chi connectivity index (χ1) is 15.1. The number of hydrogen-bond acceptors (Lipinski definition) is 4. The van der Waals surface area contributed by atoms with Gasteiger partial charge in [0.15, 0.2) is 5.96 Å². The predicted molar refractivity (Wildman–Crippen MR) is 123 cm³/mol. The van der Waals surface area contributed by atoms with Crippen molar-refractivity contribution in [2.75, 3.05) is 32.1 Å². The standard InChI is InChI=1S/C23H34N6O2/c1-3-24-22(26-18-23(9-5-10-23)11-14-31-2)25-16-19-7-4-8-20(15-19)28-21(30)17-29-13-6-12-27-29/h4,6-8,12-13,15H,3,5,9-11,14,16-18H2,1-2H3,(H,28,30)(H2,24,25,26). The molecule has 168 valence electrons. The molecule has 1 heterocycles. The monoisotopic (exact) mass is 426 g/mol. The molecule has 0 atom stereocenters. The molecule has 3 rings (SSSR count). The fourth-order valence-electron chi connectivity index (χ4n) is 3.78. The SMILES string of the molecule is CCNC(=NCc1cccc(NC(=O)Cn2cccn2)c1)NCC1(CCOC)CCC1. The van der Waals surface area contributed by atoms with Crippen LogP contribution < -0.4 is 16.0 Å². The molecule has 1 saturated carbocycles. The maximum atomic E-state index is 12.2. The van der Waals surface area contributed by atoms with Crippen LogP contribution in [0.25, 0.3) is 0 Å². The molecule has 1 amide bonds. The Morgan fingerprint density at radius 2 is 2.16 bits per heavy atom. The van der Waals surface area contributed by atoms with Crippen molar-refractivity contribution < 1.29 is 9.53 Å². The average Bonchev–Trinajstić information content (AvgIpc) is 3.24. The number of aromatic nitrogens is 2. The minimum absolute atomic E-state index is 0.110. The Labute approximate surface area is 184 Å². The van der Waals surface area contributed by atoms with Crippen LogP contribution in [-0.2, 0) is 22.6 Å². The summed E-state index contributed by atoms with van der Waals surface area (Å²) < 4.78 is 6.89. The van der Waals surface area contributed by atoms with Crippen molar-refractivity contribution >= 4 is 17.6 Å². The molecular formula is C23H34N6O2. The van der Waals surface area contributed by atoms with E-state index in [2.05, 4.69) is 28.0 Å². The molecule has 0 unspecified atom stereocenters. The molecule has 8 heteroatoms. The van der Waals surface area contributed by atoms with Gasteiger partial charge in [-0.05, 0) is 55.4 Å². The maximum absolute atomic E-state index is 12.2. The van der Waals surface area contributed by atoms with Crippen LogP contribution in [-0.4, -0.2) is 48.5 Å². The smallest absolute Gasteiger partial charge is 0.246 e. The van der Waals surface area contributed by atoms with Gasteiger partial charge in [-0.1, -0.05) is 18.6 Å². The normalized spacial score (nSPS) is 15.2. The van der Waals surface area contributed by atoms with Crippen LogP contribution in [0, 0.1) is 5.41 Å². The van der Waals surface area contributed by atoms with Crippen molar-refractivity contribution in [3.63, 3.8) is 0 Å². The van der Waals surface area contributed by atoms with Crippen LogP contribution in [0.3, 0.4) is 0 Å². The zero-order valence-electron chi connectivity index (χ0n) is 18.6. The molecule has 2 aromatic rings. The van der Waals surface area contributed by atoms with Gasteiger partial charge >= 0.3 is 0 Å². The van der Waals surface area contributed by atoms with E-state index in [4.69, 9.17) is 9.73 Å². The summed E-state index contributed by atoms with van der Waals surface area (Å²) in [5, 5.41) is 13.8. The summed E-state index contributed by atoms with van der Waals surface area (Å²) in [4.78, 5) is 16.9. The lowest BCUT2D eigenvalue weighted by Crippen LogP contribution is -2.46. The largest absolute Gasteiger partial charge is 0.385 e. The molecule has 1 aliphatic carbocycles. The third-order valence-electron chi connectivity index (χ3n) is 5.72. The summed E-state index contributed by atoms with van der Waals surface area (Å²) in [7, 11) is 1.76. The van der Waals surface area contributed by atoms with E-state index in [1.54, 1.807) is 30.3 Å². The minimum atomic E-state index is -0.110. The van der Waals surface area contributed by atoms with Crippen molar-refractivity contribution in [1.82, 2.24) is 20.4 Å². The molecule has 1 aromatic carbocycles. The summed E-state index contributed by atoms with van der Waals surface area (Å²) in [6, 6.07) is 9.59. The van der Waals surface area contributed by atoms with Crippen molar-refractivity contribution in [2.24, 2.45) is 10.4 Å². The number of carbonyl (C=O) groups excluding carboxylic acids is 1. The first kappa shape index (κ1) is 22.8. The highest BCUT2D eigenvalue weighted by atomic mass is 16.5. The number of amides is 1. The van der Waals surface area contributed by atoms with Gasteiger partial charge in [0, 0.05) is 44.9 Å². The van der Waals surface area contributed by atoms with Gasteiger partial charge in [0.1, 0.15) is 6.54 Å². The molecule has 0 aliphatic heterocycles. The van der Waals surface area contributed by atoms with E-state index in [0.29, 0.717) is 12.0 Å². The Morgan fingerprint density at radius 1 is 1.29 bits per heavy atom. The summed E-state index contributed by atoms with van der Waals surface area (Å²) in [6.07, 6.45) is 8.27. The number of ether oxygens (including phenoxy) is 1. The van der Waals surface area contributed by atoms with E-state index < -0.39 is 0 Å². The van der Waals surface area contributed by atoms with E-state index in [9.17, 15) is 4.79 Å². The lowest BCUT2D eigenvalue weighted by molar-refractivity contribution is -0.116. The molecule has 0 radical (unpaired) electrons. The minimum Gasteiger partial charge on any atom is -0.385 e. The summed E-state index contributed by atoms with van der Waals surface area (Å²) in [5.74, 6) is 0.709. The molecule has 0 bridgehead atoms. The quantitative estimate of drug-likeness (QED) is 0.380. The molecule has 0 saturated heterocycles. The zero-order chi connectivity index (χ0) is 21.9. The topological polar surface area (TPSA) is 92.6 Å². The van der Waals surface area contributed by atoms with Crippen LogP contribution in [0.5, 0.6) is 0 Å². The molecule has 8 nitrogen and oxygen atoms in total. The fraction of sp³-hybridized carbons (Fsp3) is 0.522. The molecule has 0 spiro atoms. The Bertz CT molecular complexity index is 846. The van der Waals surface area contributed by atoms with Gasteiger partial charge in [0.05, 0.1) is 6.54 Å². The number of nitrogens with one attached hydrogen (secondary N) is 3. The average molecular weight is 427 g/mol. The highest BCUT2D eigenvalue weighted by Crippen LogP contribution is 2.43. The summed E-state index contributed by atoms with van der Waals surface area (Å²) in [5.41, 5.74) is 2.12. The van der Waals surface area contributed by atoms with Gasteiger partial charge in [0.2, 0.25) is 5.91 Å². The summed E-state index contributed by atoms with van der Waals surface area (Å²) >= 11 is 0. The number of hydrogen-bond donors (Lipinski definition) is 3. The van der Waals surface area contributed by atoms with E-state index in [1.807, 2.05) is 24.3 Å². The number of aliphatic imine (C=N–C) groups is 1. The second kappa shape index (κ2) is 11.5. The number of anilines is 1. The molecule has 31 heavy (non-hydrogen) atoms. The predicted octanol–water partition coefficient (Wildman–Crippen LogP) is 2.78. The third-order valence-corrected chi connectivity index (χ3v) is 5.72. The van der Waals surface area contributed by atoms with Crippen molar-refractivity contribution in [2.45, 2.75) is 45.7 Å². The first-order valence-corrected chi connectivity index (χ1v) is 11.0. The van der Waals surface area contributed by atoms with Gasteiger partial charge in [0.25, 0.3) is 0 Å².